The van der Waals surface area contributed by atoms with Crippen molar-refractivity contribution >= 4 is 11.6 Å². The Morgan fingerprint density at radius 2 is 2.20 bits per heavy atom. The minimum Gasteiger partial charge on any atom is -0.385 e. The van der Waals surface area contributed by atoms with Gasteiger partial charge in [0.25, 0.3) is 0 Å². The van der Waals surface area contributed by atoms with Gasteiger partial charge in [0, 0.05) is 18.0 Å². The molecule has 0 aliphatic carbocycles. The largest absolute Gasteiger partial charge is 0.433 e. The number of hydrogen-bond donors (Lipinski definition) is 2. The summed E-state index contributed by atoms with van der Waals surface area (Å²) in [5, 5.41) is 13.7. The van der Waals surface area contributed by atoms with Crippen LogP contribution in [-0.2, 0) is 11.8 Å². The van der Waals surface area contributed by atoms with E-state index in [2.05, 4.69) is 10.3 Å². The van der Waals surface area contributed by atoms with Gasteiger partial charge in [-0.05, 0) is 25.5 Å². The van der Waals surface area contributed by atoms with E-state index in [-0.39, 0.29) is 16.6 Å². The molecule has 1 aromatic heterocycles. The standard InChI is InChI=1S/C13H16ClF3N2O/c1-2-8-7-18-6-5-12(8,20)9-3-4-10(13(15,16)17)19-11(9)14/h3-4,8,18,20H,2,5-7H2,1H3. The number of pyridine rings is 1. The summed E-state index contributed by atoms with van der Waals surface area (Å²) >= 11 is 5.89. The molecule has 1 aromatic rings. The summed E-state index contributed by atoms with van der Waals surface area (Å²) in [7, 11) is 0. The van der Waals surface area contributed by atoms with Crippen molar-refractivity contribution in [3.63, 3.8) is 0 Å². The van der Waals surface area contributed by atoms with Crippen molar-refractivity contribution in [2.75, 3.05) is 13.1 Å². The molecule has 0 saturated carbocycles. The minimum atomic E-state index is -4.54. The molecule has 1 saturated heterocycles. The molecule has 0 radical (unpaired) electrons. The second-order valence-corrected chi connectivity index (χ2v) is 5.37. The zero-order chi connectivity index (χ0) is 15.0. The SMILES string of the molecule is CCC1CNCCC1(O)c1ccc(C(F)(F)F)nc1Cl. The molecule has 2 heterocycles. The molecule has 1 fully saturated rings. The maximum atomic E-state index is 12.6. The van der Waals surface area contributed by atoms with Crippen LogP contribution in [0.4, 0.5) is 13.2 Å². The lowest BCUT2D eigenvalue weighted by Crippen LogP contribution is -2.48. The molecule has 112 valence electrons. The molecule has 2 unspecified atom stereocenters. The summed E-state index contributed by atoms with van der Waals surface area (Å²) in [6.45, 7) is 3.11. The highest BCUT2D eigenvalue weighted by Crippen LogP contribution is 2.40. The minimum absolute atomic E-state index is 0.104. The third-order valence-corrected chi connectivity index (χ3v) is 4.14. The number of halogens is 4. The molecule has 1 aliphatic rings. The van der Waals surface area contributed by atoms with E-state index in [1.54, 1.807) is 0 Å². The van der Waals surface area contributed by atoms with Gasteiger partial charge < -0.3 is 10.4 Å². The van der Waals surface area contributed by atoms with Crippen molar-refractivity contribution in [1.82, 2.24) is 10.3 Å². The highest BCUT2D eigenvalue weighted by Gasteiger charge is 2.42. The van der Waals surface area contributed by atoms with E-state index in [0.29, 0.717) is 25.9 Å². The van der Waals surface area contributed by atoms with E-state index in [0.717, 1.165) is 6.07 Å². The van der Waals surface area contributed by atoms with E-state index in [1.165, 1.54) is 6.07 Å². The monoisotopic (exact) mass is 308 g/mol. The summed E-state index contributed by atoms with van der Waals surface area (Å²) in [6.07, 6.45) is -3.44. The van der Waals surface area contributed by atoms with Gasteiger partial charge in [0.2, 0.25) is 0 Å². The quantitative estimate of drug-likeness (QED) is 0.826. The van der Waals surface area contributed by atoms with Gasteiger partial charge in [-0.25, -0.2) is 4.98 Å². The zero-order valence-electron chi connectivity index (χ0n) is 11.0. The van der Waals surface area contributed by atoms with Crippen LogP contribution in [0.3, 0.4) is 0 Å². The van der Waals surface area contributed by atoms with Gasteiger partial charge in [-0.15, -0.1) is 0 Å². The van der Waals surface area contributed by atoms with Gasteiger partial charge in [-0.2, -0.15) is 13.2 Å². The maximum Gasteiger partial charge on any atom is 0.433 e. The van der Waals surface area contributed by atoms with Crippen molar-refractivity contribution in [2.45, 2.75) is 31.5 Å². The summed E-state index contributed by atoms with van der Waals surface area (Å²) in [4.78, 5) is 3.39. The van der Waals surface area contributed by atoms with Crippen LogP contribution in [-0.4, -0.2) is 23.2 Å². The van der Waals surface area contributed by atoms with Crippen LogP contribution in [0.5, 0.6) is 0 Å². The molecule has 3 nitrogen and oxygen atoms in total. The van der Waals surface area contributed by atoms with Gasteiger partial charge in [0.05, 0.1) is 5.60 Å². The fourth-order valence-electron chi connectivity index (χ4n) is 2.68. The Bertz CT molecular complexity index is 495. The number of nitrogens with zero attached hydrogens (tertiary/aromatic N) is 1. The summed E-state index contributed by atoms with van der Waals surface area (Å²) in [6, 6.07) is 2.11. The van der Waals surface area contributed by atoms with Crippen molar-refractivity contribution < 1.29 is 18.3 Å². The third kappa shape index (κ3) is 2.77. The zero-order valence-corrected chi connectivity index (χ0v) is 11.7. The van der Waals surface area contributed by atoms with Crippen LogP contribution in [0.2, 0.25) is 5.15 Å². The molecule has 2 N–H and O–H groups in total. The molecule has 7 heteroatoms. The highest BCUT2D eigenvalue weighted by molar-refractivity contribution is 6.30. The molecule has 0 bridgehead atoms. The van der Waals surface area contributed by atoms with Crippen LogP contribution in [0.15, 0.2) is 12.1 Å². The van der Waals surface area contributed by atoms with Crippen LogP contribution in [0, 0.1) is 5.92 Å². The Hall–Kier alpha value is -0.850. The molecule has 0 spiro atoms. The summed E-state index contributed by atoms with van der Waals surface area (Å²) in [5.74, 6) is -0.104. The second-order valence-electron chi connectivity index (χ2n) is 5.02. The van der Waals surface area contributed by atoms with Crippen LogP contribution in [0.25, 0.3) is 0 Å². The van der Waals surface area contributed by atoms with Gasteiger partial charge in [-0.3, -0.25) is 0 Å². The Kier molecular flexibility index (Phi) is 4.27. The number of piperidine rings is 1. The first-order valence-corrected chi connectivity index (χ1v) is 6.84. The molecule has 2 rings (SSSR count). The number of hydrogen-bond acceptors (Lipinski definition) is 3. The first kappa shape index (κ1) is 15.5. The van der Waals surface area contributed by atoms with Gasteiger partial charge in [0.1, 0.15) is 10.8 Å². The highest BCUT2D eigenvalue weighted by atomic mass is 35.5. The smallest absolute Gasteiger partial charge is 0.385 e. The Morgan fingerprint density at radius 1 is 1.50 bits per heavy atom. The summed E-state index contributed by atoms with van der Waals surface area (Å²) in [5.41, 5.74) is -1.99. The first-order chi connectivity index (χ1) is 9.29. The Balaban J connectivity index is 2.41. The predicted octanol–water partition coefficient (Wildman–Crippen LogP) is 2.96. The lowest BCUT2D eigenvalue weighted by atomic mass is 9.76. The number of aromatic nitrogens is 1. The number of rotatable bonds is 2. The second kappa shape index (κ2) is 5.50. The van der Waals surface area contributed by atoms with Crippen LogP contribution < -0.4 is 5.32 Å². The van der Waals surface area contributed by atoms with Crippen molar-refractivity contribution in [1.29, 1.82) is 0 Å². The van der Waals surface area contributed by atoms with E-state index in [9.17, 15) is 18.3 Å². The van der Waals surface area contributed by atoms with Gasteiger partial charge in [0.15, 0.2) is 0 Å². The Morgan fingerprint density at radius 3 is 2.75 bits per heavy atom. The molecule has 20 heavy (non-hydrogen) atoms. The van der Waals surface area contributed by atoms with E-state index in [4.69, 9.17) is 11.6 Å². The van der Waals surface area contributed by atoms with E-state index >= 15 is 0 Å². The number of aliphatic hydroxyl groups is 1. The average Bonchev–Trinajstić information content (AvgIpc) is 2.37. The topological polar surface area (TPSA) is 45.1 Å². The van der Waals surface area contributed by atoms with E-state index in [1.807, 2.05) is 6.92 Å². The van der Waals surface area contributed by atoms with Gasteiger partial charge in [-0.1, -0.05) is 24.6 Å². The molecule has 1 aliphatic heterocycles. The van der Waals surface area contributed by atoms with E-state index < -0.39 is 17.5 Å². The maximum absolute atomic E-state index is 12.6. The molecule has 2 atom stereocenters. The van der Waals surface area contributed by atoms with Crippen molar-refractivity contribution in [2.24, 2.45) is 5.92 Å². The lowest BCUT2D eigenvalue weighted by molar-refractivity contribution is -0.141. The van der Waals surface area contributed by atoms with Crippen molar-refractivity contribution in [3.05, 3.63) is 28.5 Å². The first-order valence-electron chi connectivity index (χ1n) is 6.46. The summed E-state index contributed by atoms with van der Waals surface area (Å²) < 4.78 is 37.8. The molecular formula is C13H16ClF3N2O. The third-order valence-electron chi connectivity index (χ3n) is 3.85. The van der Waals surface area contributed by atoms with Crippen LogP contribution >= 0.6 is 11.6 Å². The molecular weight excluding hydrogens is 293 g/mol. The number of nitrogens with one attached hydrogen (secondary N) is 1. The van der Waals surface area contributed by atoms with Crippen LogP contribution in [0.1, 0.15) is 31.0 Å². The Labute approximate surface area is 120 Å². The average molecular weight is 309 g/mol. The normalized spacial score (nSPS) is 27.6. The molecule has 0 amide bonds. The fourth-order valence-corrected chi connectivity index (χ4v) is 3.00. The fraction of sp³-hybridized carbons (Fsp3) is 0.615. The van der Waals surface area contributed by atoms with Crippen molar-refractivity contribution in [3.8, 4) is 0 Å². The predicted molar refractivity (Wildman–Crippen MR) is 69.4 cm³/mol. The lowest BCUT2D eigenvalue weighted by Gasteiger charge is -2.40. The van der Waals surface area contributed by atoms with Gasteiger partial charge >= 0.3 is 6.18 Å². The molecule has 0 aromatic carbocycles. The number of alkyl halides is 3.